The minimum Gasteiger partial charge on any atom is -0.481 e. The summed E-state index contributed by atoms with van der Waals surface area (Å²) >= 11 is 0. The maximum absolute atomic E-state index is 12.0. The number of carboxylic acids is 1. The van der Waals surface area contributed by atoms with Crippen molar-refractivity contribution < 1.29 is 19.5 Å². The molecule has 7 heteroatoms. The van der Waals surface area contributed by atoms with Gasteiger partial charge in [-0.25, -0.2) is 5.01 Å². The smallest absolute Gasteiger partial charge is 0.306 e. The first-order chi connectivity index (χ1) is 8.97. The maximum atomic E-state index is 12.0. The molecule has 0 bridgehead atoms. The highest BCUT2D eigenvalue weighted by Gasteiger charge is 2.32. The number of hydrogen-bond acceptors (Lipinski definition) is 4. The molecule has 1 aliphatic heterocycles. The molecule has 1 heterocycles. The van der Waals surface area contributed by atoms with Crippen molar-refractivity contribution in [3.63, 3.8) is 0 Å². The number of carbonyl (C=O) groups excluding carboxylic acids is 2. The minimum absolute atomic E-state index is 0.108. The Bertz CT molecular complexity index is 446. The number of hydrogen-bond donors (Lipinski definition) is 2. The predicted molar refractivity (Wildman–Crippen MR) is 66.3 cm³/mol. The number of nitrogens with one attached hydrogen (secondary N) is 1. The van der Waals surface area contributed by atoms with Crippen LogP contribution in [0.1, 0.15) is 32.1 Å². The van der Waals surface area contributed by atoms with Crippen LogP contribution in [0.25, 0.3) is 0 Å². The third-order valence-electron chi connectivity index (χ3n) is 3.59. The van der Waals surface area contributed by atoms with Gasteiger partial charge in [-0.15, -0.1) is 0 Å². The van der Waals surface area contributed by atoms with Crippen molar-refractivity contribution in [3.8, 4) is 0 Å². The van der Waals surface area contributed by atoms with E-state index >= 15 is 0 Å². The molecule has 0 aromatic rings. The Labute approximate surface area is 110 Å². The van der Waals surface area contributed by atoms with Gasteiger partial charge in [0, 0.05) is 25.9 Å². The number of rotatable bonds is 3. The zero-order valence-electron chi connectivity index (χ0n) is 10.8. The van der Waals surface area contributed by atoms with Crippen molar-refractivity contribution in [2.24, 2.45) is 11.0 Å². The zero-order valence-corrected chi connectivity index (χ0v) is 10.8. The van der Waals surface area contributed by atoms with Gasteiger partial charge in [-0.2, -0.15) is 5.10 Å². The molecule has 7 nitrogen and oxygen atoms in total. The number of amides is 2. The van der Waals surface area contributed by atoms with Crippen molar-refractivity contribution in [3.05, 3.63) is 0 Å². The molecular formula is C12H17N3O4. The summed E-state index contributed by atoms with van der Waals surface area (Å²) in [5, 5.41) is 16.8. The van der Waals surface area contributed by atoms with E-state index in [9.17, 15) is 14.4 Å². The largest absolute Gasteiger partial charge is 0.481 e. The summed E-state index contributed by atoms with van der Waals surface area (Å²) < 4.78 is 0. The highest BCUT2D eigenvalue weighted by atomic mass is 16.4. The lowest BCUT2D eigenvalue weighted by atomic mass is 10.1. The van der Waals surface area contributed by atoms with Gasteiger partial charge in [-0.1, -0.05) is 0 Å². The first-order valence-corrected chi connectivity index (χ1v) is 6.35. The highest BCUT2D eigenvalue weighted by molar-refractivity contribution is 6.39. The van der Waals surface area contributed by atoms with E-state index in [1.165, 1.54) is 12.1 Å². The van der Waals surface area contributed by atoms with Crippen LogP contribution in [-0.2, 0) is 14.4 Å². The molecule has 19 heavy (non-hydrogen) atoms. The predicted octanol–water partition coefficient (Wildman–Crippen LogP) is -0.0359. The van der Waals surface area contributed by atoms with E-state index in [4.69, 9.17) is 5.11 Å². The normalized spacial score (nSPS) is 27.1. The van der Waals surface area contributed by atoms with Crippen molar-refractivity contribution >= 4 is 23.5 Å². The number of nitrogens with zero attached hydrogens (tertiary/aromatic N) is 2. The Morgan fingerprint density at radius 2 is 2.11 bits per heavy atom. The molecule has 104 valence electrons. The average molecular weight is 267 g/mol. The number of hydrazone groups is 1. The van der Waals surface area contributed by atoms with Crippen molar-refractivity contribution in [1.29, 1.82) is 0 Å². The SMILES string of the molecule is CN1N=C(C(=O)NC2CCC(C(=O)O)C2)CCC1=O. The summed E-state index contributed by atoms with van der Waals surface area (Å²) in [6.07, 6.45) is 2.34. The first kappa shape index (κ1) is 13.5. The fourth-order valence-corrected chi connectivity index (χ4v) is 2.44. The third kappa shape index (κ3) is 3.10. The summed E-state index contributed by atoms with van der Waals surface area (Å²) in [6.45, 7) is 0. The Balaban J connectivity index is 1.90. The van der Waals surface area contributed by atoms with Crippen LogP contribution in [0.5, 0.6) is 0 Å². The number of carbonyl (C=O) groups is 3. The van der Waals surface area contributed by atoms with Crippen LogP contribution >= 0.6 is 0 Å². The fourth-order valence-electron chi connectivity index (χ4n) is 2.44. The molecule has 1 saturated carbocycles. The Morgan fingerprint density at radius 3 is 2.68 bits per heavy atom. The van der Waals surface area contributed by atoms with E-state index in [1.807, 2.05) is 0 Å². The van der Waals surface area contributed by atoms with Crippen molar-refractivity contribution in [2.45, 2.75) is 38.1 Å². The summed E-state index contributed by atoms with van der Waals surface area (Å²) in [7, 11) is 1.52. The second-order valence-electron chi connectivity index (χ2n) is 4.98. The average Bonchev–Trinajstić information content (AvgIpc) is 2.81. The lowest BCUT2D eigenvalue weighted by Crippen LogP contribution is -2.41. The molecule has 2 unspecified atom stereocenters. The Hall–Kier alpha value is -1.92. The van der Waals surface area contributed by atoms with E-state index in [2.05, 4.69) is 10.4 Å². The third-order valence-corrected chi connectivity index (χ3v) is 3.59. The molecule has 0 saturated heterocycles. The molecule has 2 rings (SSSR count). The van der Waals surface area contributed by atoms with Gasteiger partial charge in [0.1, 0.15) is 5.71 Å². The van der Waals surface area contributed by atoms with E-state index in [-0.39, 0.29) is 30.2 Å². The van der Waals surface area contributed by atoms with Crippen LogP contribution in [0.4, 0.5) is 0 Å². The Morgan fingerprint density at radius 1 is 1.37 bits per heavy atom. The molecule has 2 aliphatic rings. The minimum atomic E-state index is -0.808. The van der Waals surface area contributed by atoms with Crippen molar-refractivity contribution in [2.75, 3.05) is 7.05 Å². The second-order valence-corrected chi connectivity index (χ2v) is 4.98. The van der Waals surface area contributed by atoms with E-state index < -0.39 is 5.97 Å². The van der Waals surface area contributed by atoms with Gasteiger partial charge >= 0.3 is 5.97 Å². The van der Waals surface area contributed by atoms with Crippen LogP contribution in [0.15, 0.2) is 5.10 Å². The summed E-state index contributed by atoms with van der Waals surface area (Å²) in [4.78, 5) is 34.0. The van der Waals surface area contributed by atoms with Crippen LogP contribution in [0.2, 0.25) is 0 Å². The maximum Gasteiger partial charge on any atom is 0.306 e. The van der Waals surface area contributed by atoms with Crippen LogP contribution < -0.4 is 5.32 Å². The van der Waals surface area contributed by atoms with Gasteiger partial charge in [0.2, 0.25) is 5.91 Å². The molecule has 2 amide bonds. The lowest BCUT2D eigenvalue weighted by Gasteiger charge is -2.20. The van der Waals surface area contributed by atoms with E-state index in [1.54, 1.807) is 0 Å². The van der Waals surface area contributed by atoms with Gasteiger partial charge < -0.3 is 10.4 Å². The van der Waals surface area contributed by atoms with Crippen LogP contribution in [0.3, 0.4) is 0 Å². The highest BCUT2D eigenvalue weighted by Crippen LogP contribution is 2.25. The fraction of sp³-hybridized carbons (Fsp3) is 0.667. The summed E-state index contributed by atoms with van der Waals surface area (Å²) in [5.41, 5.74) is 0.334. The van der Waals surface area contributed by atoms with E-state index in [0.717, 1.165) is 0 Å². The van der Waals surface area contributed by atoms with Crippen LogP contribution in [-0.4, -0.2) is 46.7 Å². The molecule has 1 aliphatic carbocycles. The van der Waals surface area contributed by atoms with Gasteiger partial charge in [0.25, 0.3) is 5.91 Å². The molecule has 0 radical (unpaired) electrons. The zero-order chi connectivity index (χ0) is 14.0. The Kier molecular flexibility index (Phi) is 3.82. The molecule has 0 aromatic carbocycles. The van der Waals surface area contributed by atoms with E-state index in [0.29, 0.717) is 31.4 Å². The first-order valence-electron chi connectivity index (χ1n) is 6.35. The van der Waals surface area contributed by atoms with Gasteiger partial charge in [0.05, 0.1) is 5.92 Å². The van der Waals surface area contributed by atoms with Gasteiger partial charge in [0.15, 0.2) is 0 Å². The summed E-state index contributed by atoms with van der Waals surface area (Å²) in [5.74, 6) is -1.58. The number of carboxylic acid groups (broad SMARTS) is 1. The summed E-state index contributed by atoms with van der Waals surface area (Å²) in [6, 6.07) is -0.112. The molecule has 0 aromatic heterocycles. The van der Waals surface area contributed by atoms with Gasteiger partial charge in [-0.05, 0) is 19.3 Å². The lowest BCUT2D eigenvalue weighted by molar-refractivity contribution is -0.141. The molecule has 2 atom stereocenters. The van der Waals surface area contributed by atoms with Gasteiger partial charge in [-0.3, -0.25) is 14.4 Å². The standard InChI is InChI=1S/C12H17N3O4/c1-15-10(16)5-4-9(14-15)11(17)13-8-3-2-7(6-8)12(18)19/h7-8H,2-6H2,1H3,(H,13,17)(H,18,19). The molecule has 1 fully saturated rings. The molecular weight excluding hydrogens is 250 g/mol. The monoisotopic (exact) mass is 267 g/mol. The van der Waals surface area contributed by atoms with Crippen molar-refractivity contribution in [1.82, 2.24) is 10.3 Å². The van der Waals surface area contributed by atoms with Crippen LogP contribution in [0, 0.1) is 5.92 Å². The topological polar surface area (TPSA) is 99.1 Å². The second kappa shape index (κ2) is 5.38. The number of aliphatic carboxylic acids is 1. The molecule has 2 N–H and O–H groups in total. The quantitative estimate of drug-likeness (QED) is 0.749. The molecule has 0 spiro atoms.